The SMILES string of the molecule is COc1ccc(N)cc1C(=O)NCc1ccncc1. The number of hydrogen-bond donors (Lipinski definition) is 2. The second-order valence-electron chi connectivity index (χ2n) is 4.00. The van der Waals surface area contributed by atoms with E-state index in [1.54, 1.807) is 30.6 Å². The zero-order valence-corrected chi connectivity index (χ0v) is 10.6. The van der Waals surface area contributed by atoms with Crippen LogP contribution in [0.15, 0.2) is 42.7 Å². The third-order valence-electron chi connectivity index (χ3n) is 2.67. The van der Waals surface area contributed by atoms with Gasteiger partial charge >= 0.3 is 0 Å². The van der Waals surface area contributed by atoms with E-state index in [0.29, 0.717) is 23.5 Å². The average molecular weight is 257 g/mol. The number of nitrogens with zero attached hydrogens (tertiary/aromatic N) is 1. The molecule has 1 heterocycles. The molecule has 5 nitrogen and oxygen atoms in total. The number of nitrogens with one attached hydrogen (secondary N) is 1. The van der Waals surface area contributed by atoms with Crippen molar-refractivity contribution in [2.75, 3.05) is 12.8 Å². The van der Waals surface area contributed by atoms with E-state index in [0.717, 1.165) is 5.56 Å². The van der Waals surface area contributed by atoms with E-state index in [2.05, 4.69) is 10.3 Å². The highest BCUT2D eigenvalue weighted by Gasteiger charge is 2.12. The monoisotopic (exact) mass is 257 g/mol. The minimum absolute atomic E-state index is 0.221. The summed E-state index contributed by atoms with van der Waals surface area (Å²) >= 11 is 0. The van der Waals surface area contributed by atoms with Crippen molar-refractivity contribution in [2.24, 2.45) is 0 Å². The number of nitrogen functional groups attached to an aromatic ring is 1. The first kappa shape index (κ1) is 12.9. The standard InChI is InChI=1S/C14H15N3O2/c1-19-13-3-2-11(15)8-12(13)14(18)17-9-10-4-6-16-7-5-10/h2-8H,9,15H2,1H3,(H,17,18). The predicted octanol–water partition coefficient (Wildman–Crippen LogP) is 1.60. The Morgan fingerprint density at radius 1 is 1.32 bits per heavy atom. The zero-order valence-electron chi connectivity index (χ0n) is 10.6. The van der Waals surface area contributed by atoms with Crippen molar-refractivity contribution in [2.45, 2.75) is 6.54 Å². The fraction of sp³-hybridized carbons (Fsp3) is 0.143. The second kappa shape index (κ2) is 5.86. The third-order valence-corrected chi connectivity index (χ3v) is 2.67. The summed E-state index contributed by atoms with van der Waals surface area (Å²) < 4.78 is 5.15. The van der Waals surface area contributed by atoms with Crippen LogP contribution in [-0.2, 0) is 6.54 Å². The minimum atomic E-state index is -0.221. The van der Waals surface area contributed by atoms with Crippen LogP contribution in [0.3, 0.4) is 0 Å². The number of methoxy groups -OCH3 is 1. The first-order valence-electron chi connectivity index (χ1n) is 5.81. The Labute approximate surface area is 111 Å². The summed E-state index contributed by atoms with van der Waals surface area (Å²) in [7, 11) is 1.52. The number of aromatic nitrogens is 1. The lowest BCUT2D eigenvalue weighted by Crippen LogP contribution is -2.23. The maximum atomic E-state index is 12.1. The van der Waals surface area contributed by atoms with Crippen LogP contribution in [0.2, 0.25) is 0 Å². The average Bonchev–Trinajstić information content (AvgIpc) is 2.46. The number of nitrogens with two attached hydrogens (primary N) is 1. The van der Waals surface area contributed by atoms with Gasteiger partial charge in [-0.3, -0.25) is 9.78 Å². The van der Waals surface area contributed by atoms with E-state index in [1.165, 1.54) is 7.11 Å². The Bertz CT molecular complexity index is 570. The van der Waals surface area contributed by atoms with Gasteiger partial charge in [-0.25, -0.2) is 0 Å². The molecule has 0 aliphatic heterocycles. The molecule has 0 atom stereocenters. The summed E-state index contributed by atoms with van der Waals surface area (Å²) in [5, 5.41) is 2.81. The number of anilines is 1. The van der Waals surface area contributed by atoms with Crippen molar-refractivity contribution in [3.05, 3.63) is 53.9 Å². The number of carbonyl (C=O) groups is 1. The predicted molar refractivity (Wildman–Crippen MR) is 72.8 cm³/mol. The Balaban J connectivity index is 2.10. The van der Waals surface area contributed by atoms with Gasteiger partial charge in [0.15, 0.2) is 0 Å². The van der Waals surface area contributed by atoms with Gasteiger partial charge in [0.25, 0.3) is 5.91 Å². The van der Waals surface area contributed by atoms with Crippen molar-refractivity contribution < 1.29 is 9.53 Å². The Morgan fingerprint density at radius 3 is 2.74 bits per heavy atom. The molecule has 98 valence electrons. The number of ether oxygens (including phenoxy) is 1. The van der Waals surface area contributed by atoms with Crippen molar-refractivity contribution in [3.8, 4) is 5.75 Å². The lowest BCUT2D eigenvalue weighted by atomic mass is 10.1. The fourth-order valence-corrected chi connectivity index (χ4v) is 1.68. The fourth-order valence-electron chi connectivity index (χ4n) is 1.68. The van der Waals surface area contributed by atoms with E-state index in [4.69, 9.17) is 10.5 Å². The molecule has 0 fully saturated rings. The van der Waals surface area contributed by atoms with Crippen LogP contribution in [0.1, 0.15) is 15.9 Å². The van der Waals surface area contributed by atoms with Crippen LogP contribution < -0.4 is 15.8 Å². The number of amides is 1. The normalized spacial score (nSPS) is 9.95. The molecule has 1 amide bonds. The molecule has 0 aliphatic carbocycles. The van der Waals surface area contributed by atoms with E-state index in [-0.39, 0.29) is 5.91 Å². The molecule has 0 saturated carbocycles. The molecule has 1 aromatic heterocycles. The van der Waals surface area contributed by atoms with Gasteiger partial charge in [-0.05, 0) is 35.9 Å². The summed E-state index contributed by atoms with van der Waals surface area (Å²) in [4.78, 5) is 16.0. The smallest absolute Gasteiger partial charge is 0.255 e. The highest BCUT2D eigenvalue weighted by molar-refractivity contribution is 5.97. The first-order chi connectivity index (χ1) is 9.20. The quantitative estimate of drug-likeness (QED) is 0.816. The molecule has 0 radical (unpaired) electrons. The van der Waals surface area contributed by atoms with Gasteiger partial charge < -0.3 is 15.8 Å². The van der Waals surface area contributed by atoms with Crippen LogP contribution in [-0.4, -0.2) is 18.0 Å². The van der Waals surface area contributed by atoms with E-state index in [9.17, 15) is 4.79 Å². The van der Waals surface area contributed by atoms with Crippen LogP contribution in [0.25, 0.3) is 0 Å². The van der Waals surface area contributed by atoms with Gasteiger partial charge in [0.2, 0.25) is 0 Å². The number of rotatable bonds is 4. The van der Waals surface area contributed by atoms with Gasteiger partial charge in [0, 0.05) is 24.6 Å². The van der Waals surface area contributed by atoms with Gasteiger partial charge in [0.1, 0.15) is 5.75 Å². The zero-order chi connectivity index (χ0) is 13.7. The Kier molecular flexibility index (Phi) is 3.97. The van der Waals surface area contributed by atoms with Crippen LogP contribution in [0, 0.1) is 0 Å². The summed E-state index contributed by atoms with van der Waals surface area (Å²) in [6.45, 7) is 0.430. The van der Waals surface area contributed by atoms with E-state index in [1.807, 2.05) is 12.1 Å². The molecule has 0 spiro atoms. The van der Waals surface area contributed by atoms with Gasteiger partial charge in [-0.2, -0.15) is 0 Å². The van der Waals surface area contributed by atoms with Crippen molar-refractivity contribution >= 4 is 11.6 Å². The van der Waals surface area contributed by atoms with E-state index < -0.39 is 0 Å². The summed E-state index contributed by atoms with van der Waals surface area (Å²) in [5.74, 6) is 0.280. The van der Waals surface area contributed by atoms with Crippen molar-refractivity contribution in [1.29, 1.82) is 0 Å². The molecule has 2 rings (SSSR count). The summed E-state index contributed by atoms with van der Waals surface area (Å²) in [5.41, 5.74) is 7.61. The molecule has 3 N–H and O–H groups in total. The van der Waals surface area contributed by atoms with Crippen molar-refractivity contribution in [3.63, 3.8) is 0 Å². The van der Waals surface area contributed by atoms with Gasteiger partial charge in [0.05, 0.1) is 12.7 Å². The van der Waals surface area contributed by atoms with Crippen molar-refractivity contribution in [1.82, 2.24) is 10.3 Å². The maximum absolute atomic E-state index is 12.1. The lowest BCUT2D eigenvalue weighted by molar-refractivity contribution is 0.0948. The van der Waals surface area contributed by atoms with Crippen LogP contribution in [0.5, 0.6) is 5.75 Å². The van der Waals surface area contributed by atoms with Crippen LogP contribution >= 0.6 is 0 Å². The van der Waals surface area contributed by atoms with Crippen LogP contribution in [0.4, 0.5) is 5.69 Å². The molecule has 0 saturated heterocycles. The highest BCUT2D eigenvalue weighted by atomic mass is 16.5. The first-order valence-corrected chi connectivity index (χ1v) is 5.81. The maximum Gasteiger partial charge on any atom is 0.255 e. The third kappa shape index (κ3) is 3.22. The molecular formula is C14H15N3O2. The number of carbonyl (C=O) groups excluding carboxylic acids is 1. The van der Waals surface area contributed by atoms with E-state index >= 15 is 0 Å². The minimum Gasteiger partial charge on any atom is -0.496 e. The summed E-state index contributed by atoms with van der Waals surface area (Å²) in [6.07, 6.45) is 3.37. The molecule has 5 heteroatoms. The second-order valence-corrected chi connectivity index (χ2v) is 4.00. The largest absolute Gasteiger partial charge is 0.496 e. The molecular weight excluding hydrogens is 242 g/mol. The topological polar surface area (TPSA) is 77.2 Å². The summed E-state index contributed by atoms with van der Waals surface area (Å²) in [6, 6.07) is 8.66. The van der Waals surface area contributed by atoms with Gasteiger partial charge in [-0.15, -0.1) is 0 Å². The molecule has 2 aromatic rings. The number of pyridine rings is 1. The Hall–Kier alpha value is -2.56. The molecule has 0 unspecified atom stereocenters. The lowest BCUT2D eigenvalue weighted by Gasteiger charge is -2.10. The molecule has 19 heavy (non-hydrogen) atoms. The number of hydrogen-bond acceptors (Lipinski definition) is 4. The molecule has 0 aliphatic rings. The Morgan fingerprint density at radius 2 is 2.05 bits per heavy atom. The number of benzene rings is 1. The molecule has 1 aromatic carbocycles. The molecule has 0 bridgehead atoms. The van der Waals surface area contributed by atoms with Gasteiger partial charge in [-0.1, -0.05) is 0 Å². The highest BCUT2D eigenvalue weighted by Crippen LogP contribution is 2.20.